The van der Waals surface area contributed by atoms with Crippen molar-refractivity contribution in [2.24, 2.45) is 11.7 Å². The molecule has 0 bridgehead atoms. The third-order valence-electron chi connectivity index (χ3n) is 1.88. The van der Waals surface area contributed by atoms with Gasteiger partial charge in [-0.2, -0.15) is 0 Å². The number of sulfonamides is 1. The molecule has 14 heavy (non-hydrogen) atoms. The summed E-state index contributed by atoms with van der Waals surface area (Å²) >= 11 is 0. The highest BCUT2D eigenvalue weighted by atomic mass is 32.2. The van der Waals surface area contributed by atoms with Crippen LogP contribution in [0.15, 0.2) is 0 Å². The van der Waals surface area contributed by atoms with Gasteiger partial charge in [-0.15, -0.1) is 0 Å². The van der Waals surface area contributed by atoms with Crippen LogP contribution >= 0.6 is 0 Å². The number of carbonyl (C=O) groups excluding carboxylic acids is 1. The molecule has 0 saturated heterocycles. The molecule has 0 spiro atoms. The molecule has 1 atom stereocenters. The minimum Gasteiger partial charge on any atom is -0.320 e. The summed E-state index contributed by atoms with van der Waals surface area (Å²) in [6.45, 7) is 6.51. The lowest BCUT2D eigenvalue weighted by Gasteiger charge is -2.16. The summed E-state index contributed by atoms with van der Waals surface area (Å²) in [6.07, 6.45) is 0. The van der Waals surface area contributed by atoms with Gasteiger partial charge in [0.2, 0.25) is 10.0 Å². The first-order chi connectivity index (χ1) is 6.18. The van der Waals surface area contributed by atoms with E-state index in [2.05, 4.69) is 0 Å². The highest BCUT2D eigenvalue weighted by molar-refractivity contribution is 7.90. The molecular formula is C8H18N2O3S. The smallest absolute Gasteiger partial charge is 0.250 e. The van der Waals surface area contributed by atoms with Gasteiger partial charge in [0.25, 0.3) is 5.91 Å². The van der Waals surface area contributed by atoms with E-state index in [-0.39, 0.29) is 5.92 Å². The first-order valence-corrected chi connectivity index (χ1v) is 6.04. The summed E-state index contributed by atoms with van der Waals surface area (Å²) in [7, 11) is -3.56. The van der Waals surface area contributed by atoms with Gasteiger partial charge in [-0.3, -0.25) is 9.52 Å². The predicted octanol–water partition coefficient (Wildman–Crippen LogP) is -0.176. The average Bonchev–Trinajstić information content (AvgIpc) is 2.01. The van der Waals surface area contributed by atoms with Gasteiger partial charge >= 0.3 is 0 Å². The van der Waals surface area contributed by atoms with E-state index in [0.29, 0.717) is 0 Å². The fraction of sp³-hybridized carbons (Fsp3) is 0.875. The number of hydrogen-bond donors (Lipinski definition) is 2. The number of nitrogens with two attached hydrogens (primary N) is 1. The van der Waals surface area contributed by atoms with Crippen LogP contribution in [0.3, 0.4) is 0 Å². The van der Waals surface area contributed by atoms with Crippen molar-refractivity contribution in [3.8, 4) is 0 Å². The van der Waals surface area contributed by atoms with Gasteiger partial charge in [-0.1, -0.05) is 13.8 Å². The Kier molecular flexibility index (Phi) is 4.54. The molecule has 0 aliphatic rings. The molecule has 0 heterocycles. The third-order valence-corrected chi connectivity index (χ3v) is 3.61. The molecule has 5 nitrogen and oxygen atoms in total. The highest BCUT2D eigenvalue weighted by Gasteiger charge is 2.24. The van der Waals surface area contributed by atoms with Crippen LogP contribution in [0.4, 0.5) is 0 Å². The molecule has 0 aromatic rings. The maximum Gasteiger partial charge on any atom is 0.250 e. The third kappa shape index (κ3) is 3.63. The molecule has 3 N–H and O–H groups in total. The van der Waals surface area contributed by atoms with E-state index in [1.807, 2.05) is 4.72 Å². The standard InChI is InChI=1S/C8H18N2O3S/c1-5(2)7(9)8(11)10-14(12,13)6(3)4/h5-7H,9H2,1-4H3,(H,10,11)/t7-/m1/s1. The number of hydrogen-bond acceptors (Lipinski definition) is 4. The van der Waals surface area contributed by atoms with Crippen molar-refractivity contribution in [1.29, 1.82) is 0 Å². The Morgan fingerprint density at radius 3 is 1.93 bits per heavy atom. The Bertz CT molecular complexity index is 296. The number of amides is 1. The van der Waals surface area contributed by atoms with Gasteiger partial charge in [0.15, 0.2) is 0 Å². The van der Waals surface area contributed by atoms with Crippen LogP contribution in [-0.4, -0.2) is 25.6 Å². The fourth-order valence-corrected chi connectivity index (χ4v) is 1.28. The molecule has 0 saturated carbocycles. The van der Waals surface area contributed by atoms with E-state index in [1.54, 1.807) is 13.8 Å². The molecule has 0 aliphatic heterocycles. The molecule has 0 fully saturated rings. The maximum atomic E-state index is 11.3. The number of carbonyl (C=O) groups is 1. The maximum absolute atomic E-state index is 11.3. The van der Waals surface area contributed by atoms with Gasteiger partial charge in [0.05, 0.1) is 11.3 Å². The molecule has 0 rings (SSSR count). The summed E-state index contributed by atoms with van der Waals surface area (Å²) in [6, 6.07) is -0.788. The van der Waals surface area contributed by atoms with Gasteiger partial charge in [-0.25, -0.2) is 8.42 Å². The van der Waals surface area contributed by atoms with Crippen LogP contribution in [0.2, 0.25) is 0 Å². The van der Waals surface area contributed by atoms with Crippen molar-refractivity contribution in [2.45, 2.75) is 39.0 Å². The zero-order chi connectivity index (χ0) is 11.5. The van der Waals surface area contributed by atoms with E-state index in [9.17, 15) is 13.2 Å². The normalized spacial score (nSPS) is 14.5. The van der Waals surface area contributed by atoms with Gasteiger partial charge in [0.1, 0.15) is 0 Å². The molecule has 0 aromatic carbocycles. The minimum absolute atomic E-state index is 0.0858. The molecule has 0 aromatic heterocycles. The number of nitrogens with one attached hydrogen (secondary N) is 1. The largest absolute Gasteiger partial charge is 0.320 e. The van der Waals surface area contributed by atoms with E-state index in [1.165, 1.54) is 13.8 Å². The summed E-state index contributed by atoms with van der Waals surface area (Å²) in [4.78, 5) is 11.3. The van der Waals surface area contributed by atoms with E-state index < -0.39 is 27.2 Å². The summed E-state index contributed by atoms with van der Waals surface area (Å²) in [5, 5.41) is -0.634. The second kappa shape index (κ2) is 4.75. The Morgan fingerprint density at radius 1 is 1.21 bits per heavy atom. The van der Waals surface area contributed by atoms with Crippen molar-refractivity contribution in [3.05, 3.63) is 0 Å². The van der Waals surface area contributed by atoms with Crippen molar-refractivity contribution < 1.29 is 13.2 Å². The first kappa shape index (κ1) is 13.4. The minimum atomic E-state index is -3.56. The number of rotatable bonds is 4. The summed E-state index contributed by atoms with van der Waals surface area (Å²) in [5.74, 6) is -0.730. The van der Waals surface area contributed by atoms with Crippen LogP contribution in [-0.2, 0) is 14.8 Å². The summed E-state index contributed by atoms with van der Waals surface area (Å²) in [5.41, 5.74) is 5.49. The Balaban J connectivity index is 4.49. The van der Waals surface area contributed by atoms with Crippen LogP contribution < -0.4 is 10.5 Å². The second-order valence-electron chi connectivity index (χ2n) is 3.83. The molecule has 84 valence electrons. The lowest BCUT2D eigenvalue weighted by Crippen LogP contribution is -2.47. The van der Waals surface area contributed by atoms with Crippen molar-refractivity contribution in [3.63, 3.8) is 0 Å². The van der Waals surface area contributed by atoms with Crippen molar-refractivity contribution in [1.82, 2.24) is 4.72 Å². The van der Waals surface area contributed by atoms with E-state index >= 15 is 0 Å². The Hall–Kier alpha value is -0.620. The molecule has 0 unspecified atom stereocenters. The van der Waals surface area contributed by atoms with Crippen LogP contribution in [0.5, 0.6) is 0 Å². The SMILES string of the molecule is CC(C)[C@@H](N)C(=O)NS(=O)(=O)C(C)C. The Labute approximate surface area is 85.1 Å². The topological polar surface area (TPSA) is 89.3 Å². The van der Waals surface area contributed by atoms with Crippen molar-refractivity contribution in [2.75, 3.05) is 0 Å². The zero-order valence-electron chi connectivity index (χ0n) is 8.94. The highest BCUT2D eigenvalue weighted by Crippen LogP contribution is 2.01. The first-order valence-electron chi connectivity index (χ1n) is 4.49. The van der Waals surface area contributed by atoms with Crippen LogP contribution in [0.25, 0.3) is 0 Å². The van der Waals surface area contributed by atoms with Gasteiger partial charge in [-0.05, 0) is 19.8 Å². The molecule has 0 radical (unpaired) electrons. The van der Waals surface area contributed by atoms with E-state index in [4.69, 9.17) is 5.73 Å². The van der Waals surface area contributed by atoms with Gasteiger partial charge < -0.3 is 5.73 Å². The molecular weight excluding hydrogens is 204 g/mol. The summed E-state index contributed by atoms with van der Waals surface area (Å²) < 4.78 is 24.5. The monoisotopic (exact) mass is 222 g/mol. The lowest BCUT2D eigenvalue weighted by atomic mass is 10.1. The molecule has 6 heteroatoms. The van der Waals surface area contributed by atoms with Crippen LogP contribution in [0.1, 0.15) is 27.7 Å². The van der Waals surface area contributed by atoms with Crippen LogP contribution in [0, 0.1) is 5.92 Å². The predicted molar refractivity (Wildman–Crippen MR) is 55.0 cm³/mol. The van der Waals surface area contributed by atoms with Crippen molar-refractivity contribution >= 4 is 15.9 Å². The molecule has 1 amide bonds. The average molecular weight is 222 g/mol. The van der Waals surface area contributed by atoms with E-state index in [0.717, 1.165) is 0 Å². The lowest BCUT2D eigenvalue weighted by molar-refractivity contribution is -0.121. The Morgan fingerprint density at radius 2 is 1.64 bits per heavy atom. The van der Waals surface area contributed by atoms with Gasteiger partial charge in [0, 0.05) is 0 Å². The molecule has 0 aliphatic carbocycles. The fourth-order valence-electron chi connectivity index (χ4n) is 0.629. The quantitative estimate of drug-likeness (QED) is 0.690. The second-order valence-corrected chi connectivity index (χ2v) is 6.07. The zero-order valence-corrected chi connectivity index (χ0v) is 9.76.